The highest BCUT2D eigenvalue weighted by atomic mass is 32.2. The zero-order valence-electron chi connectivity index (χ0n) is 25.5. The van der Waals surface area contributed by atoms with Crippen LogP contribution in [-0.4, -0.2) is 54.8 Å². The van der Waals surface area contributed by atoms with E-state index in [2.05, 4.69) is 15.3 Å². The minimum absolute atomic E-state index is 0.0365. The largest absolute Gasteiger partial charge is 0.455 e. The number of oxazole rings is 1. The minimum atomic E-state index is -3.88. The van der Waals surface area contributed by atoms with Gasteiger partial charge >= 0.3 is 0 Å². The van der Waals surface area contributed by atoms with Crippen molar-refractivity contribution in [1.82, 2.24) is 15.3 Å². The summed E-state index contributed by atoms with van der Waals surface area (Å²) in [6.45, 7) is 3.17. The minimum Gasteiger partial charge on any atom is -0.455 e. The number of rotatable bonds is 9. The quantitative estimate of drug-likeness (QED) is 0.185. The molecule has 12 heteroatoms. The molecule has 3 heterocycles. The normalized spacial score (nSPS) is 12.1. The third-order valence-corrected chi connectivity index (χ3v) is 8.73. The third-order valence-electron chi connectivity index (χ3n) is 7.55. The van der Waals surface area contributed by atoms with Gasteiger partial charge in [0.25, 0.3) is 5.91 Å². The van der Waals surface area contributed by atoms with Gasteiger partial charge in [-0.2, -0.15) is 4.98 Å². The zero-order chi connectivity index (χ0) is 32.8. The molecule has 0 aliphatic heterocycles. The van der Waals surface area contributed by atoms with Crippen LogP contribution < -0.4 is 9.62 Å². The Kier molecular flexibility index (Phi) is 7.87. The Morgan fingerprint density at radius 2 is 1.72 bits per heavy atom. The van der Waals surface area contributed by atoms with Crippen molar-refractivity contribution in [2.45, 2.75) is 25.9 Å². The summed E-state index contributed by atoms with van der Waals surface area (Å²) >= 11 is 0. The van der Waals surface area contributed by atoms with Crippen LogP contribution in [0.1, 0.15) is 30.6 Å². The lowest BCUT2D eigenvalue weighted by molar-refractivity contribution is 0.0740. The number of anilines is 1. The van der Waals surface area contributed by atoms with Crippen molar-refractivity contribution in [2.24, 2.45) is 0 Å². The number of amides is 1. The molecule has 0 spiro atoms. The second-order valence-electron chi connectivity index (χ2n) is 11.6. The van der Waals surface area contributed by atoms with Crippen LogP contribution in [0.3, 0.4) is 0 Å². The summed E-state index contributed by atoms with van der Waals surface area (Å²) in [6, 6.07) is 19.6. The molecule has 0 bridgehead atoms. The zero-order valence-corrected chi connectivity index (χ0v) is 26.4. The molecular weight excluding hydrogens is 611 g/mol. The van der Waals surface area contributed by atoms with Gasteiger partial charge in [-0.15, -0.1) is 0 Å². The molecule has 0 fully saturated rings. The summed E-state index contributed by atoms with van der Waals surface area (Å²) in [6.07, 6.45) is 2.85. The maximum atomic E-state index is 13.8. The number of hydrogen-bond acceptors (Lipinski definition) is 8. The smallest absolute Gasteiger partial charge is 0.255 e. The number of nitrogens with zero attached hydrogens (tertiary/aromatic N) is 3. The topological polar surface area (TPSA) is 139 Å². The number of fused-ring (bicyclic) bond motifs is 2. The maximum Gasteiger partial charge on any atom is 0.255 e. The first kappa shape index (κ1) is 30.9. The van der Waals surface area contributed by atoms with E-state index in [1.165, 1.54) is 35.6 Å². The highest BCUT2D eigenvalue weighted by Crippen LogP contribution is 2.42. The lowest BCUT2D eigenvalue weighted by Gasteiger charge is -2.28. The monoisotopic (exact) mass is 642 g/mol. The van der Waals surface area contributed by atoms with Crippen LogP contribution in [0.15, 0.2) is 87.8 Å². The predicted octanol–water partition coefficient (Wildman–Crippen LogP) is 6.40. The summed E-state index contributed by atoms with van der Waals surface area (Å²) in [7, 11) is -2.39. The molecule has 0 radical (unpaired) electrons. The van der Waals surface area contributed by atoms with E-state index in [1.54, 1.807) is 50.4 Å². The Hall–Kier alpha value is -5.07. The molecule has 10 nitrogen and oxygen atoms in total. The van der Waals surface area contributed by atoms with Crippen molar-refractivity contribution < 1.29 is 31.5 Å². The average molecular weight is 643 g/mol. The van der Waals surface area contributed by atoms with Crippen LogP contribution in [0, 0.1) is 5.82 Å². The molecule has 6 aromatic rings. The Morgan fingerprint density at radius 3 is 2.39 bits per heavy atom. The molecule has 3 aromatic heterocycles. The van der Waals surface area contributed by atoms with Gasteiger partial charge in [0.05, 0.1) is 23.1 Å². The fourth-order valence-electron chi connectivity index (χ4n) is 5.28. The lowest BCUT2D eigenvalue weighted by Crippen LogP contribution is -2.35. The molecule has 0 saturated heterocycles. The summed E-state index contributed by atoms with van der Waals surface area (Å²) in [5.41, 5.74) is 2.70. The number of furan rings is 1. The number of benzene rings is 3. The number of sulfonamides is 1. The SMILES string of the molecule is CNC(=O)c1c(-c2ccc(F)cc2)oc2cc(N(CCC(C)(C)O)S(C)(=O)=O)c(-c3cccc(-c4nc5ncccc5o4)c3)cc12. The molecule has 0 aliphatic rings. The first-order valence-corrected chi connectivity index (χ1v) is 16.3. The van der Waals surface area contributed by atoms with E-state index in [0.29, 0.717) is 44.8 Å². The van der Waals surface area contributed by atoms with Gasteiger partial charge in [0, 0.05) is 47.9 Å². The second kappa shape index (κ2) is 11.7. The highest BCUT2D eigenvalue weighted by molar-refractivity contribution is 7.92. The number of hydrogen-bond donors (Lipinski definition) is 2. The molecule has 0 atom stereocenters. The molecular formula is C34H31FN4O6S. The van der Waals surface area contributed by atoms with Crippen LogP contribution in [-0.2, 0) is 10.0 Å². The van der Waals surface area contributed by atoms with Gasteiger partial charge in [0.2, 0.25) is 15.9 Å². The van der Waals surface area contributed by atoms with Crippen LogP contribution in [0.25, 0.3) is 56.1 Å². The maximum absolute atomic E-state index is 13.8. The molecule has 0 aliphatic carbocycles. The van der Waals surface area contributed by atoms with Gasteiger partial charge in [0.1, 0.15) is 17.2 Å². The molecule has 0 saturated carbocycles. The Morgan fingerprint density at radius 1 is 0.978 bits per heavy atom. The van der Waals surface area contributed by atoms with E-state index in [9.17, 15) is 22.7 Å². The fourth-order valence-corrected chi connectivity index (χ4v) is 6.21. The van der Waals surface area contributed by atoms with Crippen LogP contribution in [0.5, 0.6) is 0 Å². The van der Waals surface area contributed by atoms with Crippen LogP contribution in [0.4, 0.5) is 10.1 Å². The van der Waals surface area contributed by atoms with Crippen molar-refractivity contribution in [1.29, 1.82) is 0 Å². The standard InChI is InChI=1S/C34H31FN4O6S/c1-34(2,41)14-16-39(46(4,42)43)26-19-28-25(29(32(40)36-3)30(44-28)20-10-12-23(35)13-11-20)18-24(26)21-7-5-8-22(17-21)33-38-31-27(45-33)9-6-15-37-31/h5-13,15,17-19,41H,14,16H2,1-4H3,(H,36,40). The highest BCUT2D eigenvalue weighted by Gasteiger charge is 2.29. The molecule has 236 valence electrons. The van der Waals surface area contributed by atoms with Gasteiger partial charge in [-0.1, -0.05) is 12.1 Å². The fraction of sp³-hybridized carbons (Fsp3) is 0.206. The van der Waals surface area contributed by atoms with E-state index in [4.69, 9.17) is 8.83 Å². The van der Waals surface area contributed by atoms with Crippen molar-refractivity contribution in [2.75, 3.05) is 24.2 Å². The van der Waals surface area contributed by atoms with Crippen molar-refractivity contribution in [3.8, 4) is 33.9 Å². The van der Waals surface area contributed by atoms with Crippen molar-refractivity contribution in [3.05, 3.63) is 90.4 Å². The Labute approximate surface area is 264 Å². The number of nitrogens with one attached hydrogen (secondary N) is 1. The number of pyridine rings is 1. The van der Waals surface area contributed by atoms with E-state index in [1.807, 2.05) is 18.2 Å². The lowest BCUT2D eigenvalue weighted by atomic mass is 9.97. The van der Waals surface area contributed by atoms with Gasteiger partial charge in [-0.05, 0) is 80.4 Å². The molecule has 2 N–H and O–H groups in total. The van der Waals surface area contributed by atoms with E-state index in [0.717, 1.165) is 6.26 Å². The summed E-state index contributed by atoms with van der Waals surface area (Å²) in [5.74, 6) is -0.358. The Bertz CT molecular complexity index is 2170. The summed E-state index contributed by atoms with van der Waals surface area (Å²) < 4.78 is 53.8. The van der Waals surface area contributed by atoms with Crippen LogP contribution in [0.2, 0.25) is 0 Å². The summed E-state index contributed by atoms with van der Waals surface area (Å²) in [4.78, 5) is 22.1. The second-order valence-corrected chi connectivity index (χ2v) is 13.5. The number of carbonyl (C=O) groups is 1. The van der Waals surface area contributed by atoms with Gasteiger partial charge in [-0.25, -0.2) is 17.8 Å². The summed E-state index contributed by atoms with van der Waals surface area (Å²) in [5, 5.41) is 13.6. The molecule has 0 unspecified atom stereocenters. The first-order valence-electron chi connectivity index (χ1n) is 14.4. The van der Waals surface area contributed by atoms with E-state index in [-0.39, 0.29) is 35.6 Å². The van der Waals surface area contributed by atoms with E-state index < -0.39 is 27.3 Å². The predicted molar refractivity (Wildman–Crippen MR) is 174 cm³/mol. The number of aliphatic hydroxyl groups is 1. The molecule has 6 rings (SSSR count). The van der Waals surface area contributed by atoms with Gasteiger partial charge < -0.3 is 19.3 Å². The number of halogens is 1. The number of carbonyl (C=O) groups excluding carboxylic acids is 1. The third kappa shape index (κ3) is 6.09. The molecule has 3 aromatic carbocycles. The molecule has 46 heavy (non-hydrogen) atoms. The van der Waals surface area contributed by atoms with Gasteiger partial charge in [0.15, 0.2) is 11.2 Å². The van der Waals surface area contributed by atoms with Crippen molar-refractivity contribution >= 4 is 43.8 Å². The first-order chi connectivity index (χ1) is 21.8. The Balaban J connectivity index is 1.62. The van der Waals surface area contributed by atoms with Crippen molar-refractivity contribution in [3.63, 3.8) is 0 Å². The average Bonchev–Trinajstić information content (AvgIpc) is 3.61. The molecule has 1 amide bonds. The number of aromatic nitrogens is 2. The van der Waals surface area contributed by atoms with Gasteiger partial charge in [-0.3, -0.25) is 9.10 Å². The van der Waals surface area contributed by atoms with Crippen LogP contribution >= 0.6 is 0 Å². The van der Waals surface area contributed by atoms with E-state index >= 15 is 0 Å².